The molecule has 8 nitrogen and oxygen atoms in total. The molecule has 0 aromatic heterocycles. The fraction of sp³-hybridized carbons (Fsp3) is 0.727. The number of amides is 2. The van der Waals surface area contributed by atoms with E-state index in [-0.39, 0.29) is 6.54 Å². The summed E-state index contributed by atoms with van der Waals surface area (Å²) in [6.07, 6.45) is -14.2. The van der Waals surface area contributed by atoms with Gasteiger partial charge in [-0.05, 0) is 34.6 Å². The Morgan fingerprint density at radius 1 is 1.19 bits per heavy atom. The standard InChI is InChI=1S/C22H32F7N5O3/c1-8-31-18(22(27,28)29)33(7)16(11-30-10-12(2)21(24,25)26)32-17(35)15-9-14(23)13(3)34(15)19(36)37-20(4,5)6/h10,13-16H,2,8-9,11H2,1,3-7H3,(H,32,35)/t13-,14+,15-,16?/m0/s1. The van der Waals surface area contributed by atoms with E-state index in [9.17, 15) is 40.3 Å². The zero-order valence-electron chi connectivity index (χ0n) is 21.4. The van der Waals surface area contributed by atoms with E-state index in [1.54, 1.807) is 20.8 Å². The van der Waals surface area contributed by atoms with E-state index in [0.29, 0.717) is 11.1 Å². The molecule has 0 aliphatic carbocycles. The molecule has 1 unspecified atom stereocenters. The lowest BCUT2D eigenvalue weighted by atomic mass is 10.1. The third-order valence-electron chi connectivity index (χ3n) is 5.21. The number of amidine groups is 1. The summed E-state index contributed by atoms with van der Waals surface area (Å²) < 4.78 is 98.6. The molecule has 0 bridgehead atoms. The van der Waals surface area contributed by atoms with Crippen molar-refractivity contribution in [2.24, 2.45) is 9.98 Å². The molecule has 1 aliphatic heterocycles. The topological polar surface area (TPSA) is 86.6 Å². The molecule has 0 saturated carbocycles. The van der Waals surface area contributed by atoms with Crippen molar-refractivity contribution in [1.82, 2.24) is 15.1 Å². The van der Waals surface area contributed by atoms with Crippen LogP contribution in [0.15, 0.2) is 22.1 Å². The van der Waals surface area contributed by atoms with Crippen LogP contribution in [0.5, 0.6) is 0 Å². The Balaban J connectivity index is 3.30. The van der Waals surface area contributed by atoms with Gasteiger partial charge in [-0.2, -0.15) is 26.3 Å². The van der Waals surface area contributed by atoms with Crippen LogP contribution in [0, 0.1) is 0 Å². The Hall–Kier alpha value is -2.87. The summed E-state index contributed by atoms with van der Waals surface area (Å²) in [5.41, 5.74) is -2.34. The number of hydrogen-bond donors (Lipinski definition) is 1. The second-order valence-electron chi connectivity index (χ2n) is 9.34. The molecule has 0 spiro atoms. The van der Waals surface area contributed by atoms with E-state index in [1.165, 1.54) is 13.8 Å². The summed E-state index contributed by atoms with van der Waals surface area (Å²) in [6.45, 7) is 9.06. The lowest BCUT2D eigenvalue weighted by Gasteiger charge is -2.34. The minimum Gasteiger partial charge on any atom is -0.444 e. The summed E-state index contributed by atoms with van der Waals surface area (Å²) in [5.74, 6) is -2.46. The van der Waals surface area contributed by atoms with Crippen molar-refractivity contribution in [3.8, 4) is 0 Å². The lowest BCUT2D eigenvalue weighted by molar-refractivity contribution is -0.127. The fourth-order valence-electron chi connectivity index (χ4n) is 3.38. The van der Waals surface area contributed by atoms with Gasteiger partial charge in [0.05, 0.1) is 18.2 Å². The van der Waals surface area contributed by atoms with E-state index in [1.807, 2.05) is 0 Å². The van der Waals surface area contributed by atoms with Crippen LogP contribution in [-0.2, 0) is 9.53 Å². The number of likely N-dealkylation sites (N-methyl/N-ethyl adjacent to an activating group) is 1. The second-order valence-corrected chi connectivity index (χ2v) is 9.34. The number of nitrogens with zero attached hydrogens (tertiary/aromatic N) is 4. The first-order valence-electron chi connectivity index (χ1n) is 11.3. The number of hydrogen-bond acceptors (Lipinski definition) is 5. The number of nitrogens with one attached hydrogen (secondary N) is 1. The van der Waals surface area contributed by atoms with Gasteiger partial charge in [-0.15, -0.1) is 0 Å². The van der Waals surface area contributed by atoms with E-state index in [2.05, 4.69) is 21.9 Å². The highest BCUT2D eigenvalue weighted by Gasteiger charge is 2.48. The van der Waals surface area contributed by atoms with Crippen molar-refractivity contribution in [3.05, 3.63) is 12.2 Å². The number of allylic oxidation sites excluding steroid dienone is 1. The van der Waals surface area contributed by atoms with Crippen molar-refractivity contribution in [2.75, 3.05) is 20.1 Å². The quantitative estimate of drug-likeness (QED) is 0.223. The molecular formula is C22H32F7N5O3. The third kappa shape index (κ3) is 9.18. The van der Waals surface area contributed by atoms with Crippen LogP contribution in [0.2, 0.25) is 0 Å². The van der Waals surface area contributed by atoms with Crippen LogP contribution in [-0.4, -0.2) is 96.4 Å². The molecule has 1 aliphatic rings. The molecule has 4 atom stereocenters. The van der Waals surface area contributed by atoms with Gasteiger partial charge in [-0.25, -0.2) is 9.18 Å². The van der Waals surface area contributed by atoms with E-state index in [0.717, 1.165) is 11.9 Å². The average Bonchev–Trinajstić information content (AvgIpc) is 3.02. The van der Waals surface area contributed by atoms with Gasteiger partial charge in [-0.3, -0.25) is 19.7 Å². The van der Waals surface area contributed by atoms with Crippen LogP contribution >= 0.6 is 0 Å². The summed E-state index contributed by atoms with van der Waals surface area (Å²) in [4.78, 5) is 34.0. The predicted molar refractivity (Wildman–Crippen MR) is 123 cm³/mol. The minimum absolute atomic E-state index is 0.288. The number of rotatable bonds is 7. The normalized spacial score (nSPS) is 22.2. The molecule has 0 aromatic carbocycles. The fourth-order valence-corrected chi connectivity index (χ4v) is 3.38. The maximum absolute atomic E-state index is 14.5. The minimum atomic E-state index is -4.97. The Bertz CT molecular complexity index is 897. The molecule has 1 heterocycles. The predicted octanol–water partition coefficient (Wildman–Crippen LogP) is 4.27. The maximum Gasteiger partial charge on any atom is 0.449 e. The van der Waals surface area contributed by atoms with E-state index < -0.39 is 78.7 Å². The van der Waals surface area contributed by atoms with Gasteiger partial charge in [0.2, 0.25) is 11.7 Å². The van der Waals surface area contributed by atoms with Gasteiger partial charge in [0.25, 0.3) is 0 Å². The van der Waals surface area contributed by atoms with Gasteiger partial charge >= 0.3 is 18.4 Å². The number of halogens is 7. The molecule has 0 aromatic rings. The van der Waals surface area contributed by atoms with Crippen LogP contribution in [0.3, 0.4) is 0 Å². The van der Waals surface area contributed by atoms with Crippen LogP contribution in [0.4, 0.5) is 35.5 Å². The summed E-state index contributed by atoms with van der Waals surface area (Å²) >= 11 is 0. The number of carbonyl (C=O) groups excluding carboxylic acids is 2. The molecule has 1 rings (SSSR count). The monoisotopic (exact) mass is 547 g/mol. The zero-order chi connectivity index (χ0) is 28.9. The first kappa shape index (κ1) is 32.2. The average molecular weight is 548 g/mol. The van der Waals surface area contributed by atoms with Crippen molar-refractivity contribution in [3.63, 3.8) is 0 Å². The van der Waals surface area contributed by atoms with Gasteiger partial charge in [0.15, 0.2) is 0 Å². The van der Waals surface area contributed by atoms with Gasteiger partial charge in [-0.1, -0.05) is 6.58 Å². The number of alkyl halides is 7. The number of likely N-dealkylation sites (tertiary alicyclic amines) is 1. The van der Waals surface area contributed by atoms with Crippen molar-refractivity contribution in [1.29, 1.82) is 0 Å². The maximum atomic E-state index is 14.5. The zero-order valence-corrected chi connectivity index (χ0v) is 21.4. The van der Waals surface area contributed by atoms with Gasteiger partial charge in [0, 0.05) is 26.2 Å². The molecule has 1 N–H and O–H groups in total. The van der Waals surface area contributed by atoms with Crippen molar-refractivity contribution < 1.29 is 45.1 Å². The molecule has 2 amide bonds. The Morgan fingerprint density at radius 3 is 2.22 bits per heavy atom. The third-order valence-corrected chi connectivity index (χ3v) is 5.21. The highest BCUT2D eigenvalue weighted by molar-refractivity contribution is 5.90. The Morgan fingerprint density at radius 2 is 1.76 bits per heavy atom. The molecule has 1 saturated heterocycles. The molecule has 0 radical (unpaired) electrons. The first-order valence-corrected chi connectivity index (χ1v) is 11.3. The Kier molecular flexibility index (Phi) is 10.5. The number of carbonyl (C=O) groups is 2. The summed E-state index contributed by atoms with van der Waals surface area (Å²) in [5, 5.41) is 2.24. The molecule has 37 heavy (non-hydrogen) atoms. The summed E-state index contributed by atoms with van der Waals surface area (Å²) in [6, 6.07) is -2.54. The molecule has 15 heteroatoms. The van der Waals surface area contributed by atoms with E-state index >= 15 is 0 Å². The van der Waals surface area contributed by atoms with Gasteiger partial charge in [0.1, 0.15) is 24.0 Å². The van der Waals surface area contributed by atoms with Crippen LogP contribution in [0.1, 0.15) is 41.0 Å². The van der Waals surface area contributed by atoms with E-state index in [4.69, 9.17) is 4.74 Å². The lowest BCUT2D eigenvalue weighted by Crippen LogP contribution is -2.58. The Labute approximate surface area is 210 Å². The molecule has 1 fully saturated rings. The number of aliphatic imine (C=N–C) groups is 2. The SMILES string of the molecule is C=C(C=NCC(NC(=O)[C@@H]1C[C@@H](F)[C@H](C)N1C(=O)OC(C)(C)C)N(C)C(=NCC)C(F)(F)F)C(F)(F)F. The highest BCUT2D eigenvalue weighted by atomic mass is 19.4. The van der Waals surface area contributed by atoms with Crippen LogP contribution < -0.4 is 5.32 Å². The highest BCUT2D eigenvalue weighted by Crippen LogP contribution is 2.30. The molecule has 212 valence electrons. The van der Waals surface area contributed by atoms with Crippen molar-refractivity contribution in [2.45, 2.75) is 83.4 Å². The summed E-state index contributed by atoms with van der Waals surface area (Å²) in [7, 11) is 0.919. The van der Waals surface area contributed by atoms with Crippen LogP contribution in [0.25, 0.3) is 0 Å². The molecular weight excluding hydrogens is 515 g/mol. The van der Waals surface area contributed by atoms with Gasteiger partial charge < -0.3 is 15.0 Å². The smallest absolute Gasteiger partial charge is 0.444 e. The first-order chi connectivity index (χ1) is 16.7. The number of ether oxygens (including phenoxy) is 1. The van der Waals surface area contributed by atoms with Crippen molar-refractivity contribution >= 4 is 24.1 Å². The second kappa shape index (κ2) is 12.1. The largest absolute Gasteiger partial charge is 0.449 e.